The van der Waals surface area contributed by atoms with Crippen LogP contribution in [0.1, 0.15) is 36.8 Å². The van der Waals surface area contributed by atoms with Gasteiger partial charge in [0, 0.05) is 31.7 Å². The fourth-order valence-electron chi connectivity index (χ4n) is 4.14. The van der Waals surface area contributed by atoms with E-state index in [4.69, 9.17) is 4.74 Å². The molecule has 2 aromatic rings. The van der Waals surface area contributed by atoms with Crippen molar-refractivity contribution >= 4 is 11.6 Å². The molecule has 5 nitrogen and oxygen atoms in total. The molecule has 2 aliphatic rings. The van der Waals surface area contributed by atoms with Crippen molar-refractivity contribution in [1.82, 2.24) is 4.90 Å². The molecule has 1 saturated heterocycles. The molecule has 0 atom stereocenters. The molecular weight excluding hydrogens is 371 g/mol. The normalized spacial score (nSPS) is 18.8. The maximum Gasteiger partial charge on any atom is 0.224 e. The minimum absolute atomic E-state index is 0.0667. The minimum Gasteiger partial charge on any atom is -0.494 e. The quantitative estimate of drug-likeness (QED) is 0.732. The predicted molar refractivity (Wildman–Crippen MR) is 109 cm³/mol. The summed E-state index contributed by atoms with van der Waals surface area (Å²) >= 11 is 0. The molecule has 0 radical (unpaired) electrons. The number of amides is 1. The van der Waals surface area contributed by atoms with Crippen LogP contribution in [0.4, 0.5) is 10.1 Å². The van der Waals surface area contributed by atoms with Crippen molar-refractivity contribution in [2.24, 2.45) is 0 Å². The van der Waals surface area contributed by atoms with Gasteiger partial charge < -0.3 is 20.1 Å². The third-order valence-electron chi connectivity index (χ3n) is 5.90. The Morgan fingerprint density at radius 3 is 2.76 bits per heavy atom. The van der Waals surface area contributed by atoms with Crippen LogP contribution in [0.25, 0.3) is 0 Å². The van der Waals surface area contributed by atoms with Crippen molar-refractivity contribution < 1.29 is 19.0 Å². The van der Waals surface area contributed by atoms with E-state index in [0.717, 1.165) is 49.5 Å². The molecule has 2 aromatic carbocycles. The van der Waals surface area contributed by atoms with E-state index in [2.05, 4.69) is 10.2 Å². The maximum absolute atomic E-state index is 13.5. The van der Waals surface area contributed by atoms with Gasteiger partial charge in [0.05, 0.1) is 12.2 Å². The van der Waals surface area contributed by atoms with Crippen LogP contribution in [-0.4, -0.2) is 42.2 Å². The van der Waals surface area contributed by atoms with Crippen LogP contribution in [0.2, 0.25) is 0 Å². The largest absolute Gasteiger partial charge is 0.494 e. The van der Waals surface area contributed by atoms with E-state index in [9.17, 15) is 14.3 Å². The fraction of sp³-hybridized carbons (Fsp3) is 0.435. The lowest BCUT2D eigenvalue weighted by atomic mass is 9.84. The van der Waals surface area contributed by atoms with Gasteiger partial charge >= 0.3 is 0 Å². The molecule has 0 saturated carbocycles. The first-order valence-electron chi connectivity index (χ1n) is 10.3. The second-order valence-electron chi connectivity index (χ2n) is 7.95. The fourth-order valence-corrected chi connectivity index (χ4v) is 4.14. The molecule has 0 aliphatic carbocycles. The van der Waals surface area contributed by atoms with Crippen LogP contribution in [0.5, 0.6) is 5.75 Å². The Hall–Kier alpha value is -2.44. The summed E-state index contributed by atoms with van der Waals surface area (Å²) in [5.74, 6) is 0.594. The zero-order valence-corrected chi connectivity index (χ0v) is 16.5. The van der Waals surface area contributed by atoms with Gasteiger partial charge in [-0.25, -0.2) is 4.39 Å². The summed E-state index contributed by atoms with van der Waals surface area (Å²) in [5.41, 5.74) is 1.74. The number of nitrogens with zero attached hydrogens (tertiary/aromatic N) is 1. The molecule has 4 rings (SSSR count). The van der Waals surface area contributed by atoms with E-state index in [1.807, 2.05) is 18.2 Å². The van der Waals surface area contributed by atoms with E-state index in [1.165, 1.54) is 12.1 Å². The number of aliphatic hydroxyl groups is 1. The highest BCUT2D eigenvalue weighted by Crippen LogP contribution is 2.33. The van der Waals surface area contributed by atoms with E-state index in [1.54, 1.807) is 12.1 Å². The number of carbonyl (C=O) groups excluding carboxylic acids is 1. The van der Waals surface area contributed by atoms with Crippen molar-refractivity contribution in [3.05, 3.63) is 59.4 Å². The average Bonchev–Trinajstić information content (AvgIpc) is 2.72. The highest BCUT2D eigenvalue weighted by atomic mass is 19.1. The zero-order valence-electron chi connectivity index (χ0n) is 16.5. The molecule has 1 amide bonds. The number of rotatable bonds is 6. The van der Waals surface area contributed by atoms with Crippen LogP contribution in [0.3, 0.4) is 0 Å². The highest BCUT2D eigenvalue weighted by molar-refractivity contribution is 5.93. The summed E-state index contributed by atoms with van der Waals surface area (Å²) in [6.07, 6.45) is 3.38. The second kappa shape index (κ2) is 8.51. The molecule has 154 valence electrons. The number of hydrogen-bond acceptors (Lipinski definition) is 4. The number of hydrogen-bond donors (Lipinski definition) is 2. The molecule has 0 bridgehead atoms. The average molecular weight is 398 g/mol. The predicted octanol–water partition coefficient (Wildman–Crippen LogP) is 3.46. The Morgan fingerprint density at radius 1 is 1.14 bits per heavy atom. The molecular formula is C23H27FN2O3. The first-order valence-corrected chi connectivity index (χ1v) is 10.3. The van der Waals surface area contributed by atoms with Gasteiger partial charge in [-0.1, -0.05) is 12.1 Å². The summed E-state index contributed by atoms with van der Waals surface area (Å²) in [6.45, 7) is 3.09. The molecule has 2 aliphatic heterocycles. The lowest BCUT2D eigenvalue weighted by Gasteiger charge is -2.38. The minimum atomic E-state index is -0.937. The number of aryl methyl sites for hydroxylation is 1. The van der Waals surface area contributed by atoms with E-state index < -0.39 is 5.60 Å². The van der Waals surface area contributed by atoms with Crippen LogP contribution < -0.4 is 10.1 Å². The molecule has 2 heterocycles. The number of likely N-dealkylation sites (tertiary alicyclic amines) is 1. The van der Waals surface area contributed by atoms with Crippen molar-refractivity contribution in [3.8, 4) is 5.75 Å². The Morgan fingerprint density at radius 2 is 1.97 bits per heavy atom. The molecule has 0 spiro atoms. The van der Waals surface area contributed by atoms with Crippen LogP contribution in [0.15, 0.2) is 42.5 Å². The van der Waals surface area contributed by atoms with Crippen LogP contribution in [-0.2, 0) is 16.8 Å². The molecule has 29 heavy (non-hydrogen) atoms. The summed E-state index contributed by atoms with van der Waals surface area (Å²) in [6, 6.07) is 12.1. The Kier molecular flexibility index (Phi) is 5.83. The van der Waals surface area contributed by atoms with Gasteiger partial charge in [0.15, 0.2) is 0 Å². The first-order chi connectivity index (χ1) is 14.0. The monoisotopic (exact) mass is 398 g/mol. The molecule has 6 heteroatoms. The first kappa shape index (κ1) is 19.9. The van der Waals surface area contributed by atoms with Crippen molar-refractivity contribution in [2.45, 2.75) is 37.7 Å². The topological polar surface area (TPSA) is 61.8 Å². The molecule has 2 N–H and O–H groups in total. The third-order valence-corrected chi connectivity index (χ3v) is 5.90. The van der Waals surface area contributed by atoms with Gasteiger partial charge in [-0.05, 0) is 67.1 Å². The molecule has 0 unspecified atom stereocenters. The van der Waals surface area contributed by atoms with Gasteiger partial charge in [0.25, 0.3) is 0 Å². The summed E-state index contributed by atoms with van der Waals surface area (Å²) in [4.78, 5) is 13.7. The maximum atomic E-state index is 13.5. The smallest absolute Gasteiger partial charge is 0.224 e. The van der Waals surface area contributed by atoms with Crippen LogP contribution in [0, 0.1) is 5.82 Å². The third kappa shape index (κ3) is 4.77. The summed E-state index contributed by atoms with van der Waals surface area (Å²) in [7, 11) is 0. The standard InChI is InChI=1S/C23H27FN2O3/c24-19-4-1-3-18(16-19)23(28)9-12-26(13-10-23)11-2-14-29-20-6-7-21-17(15-20)5-8-22(27)25-21/h1,3-4,6-7,15-16,28H,2,5,8-14H2,(H,25,27). The van der Waals surface area contributed by atoms with E-state index >= 15 is 0 Å². The summed E-state index contributed by atoms with van der Waals surface area (Å²) in [5, 5.41) is 13.8. The SMILES string of the molecule is O=C1CCc2cc(OCCCN3CCC(O)(c4cccc(F)c4)CC3)ccc2N1. The van der Waals surface area contributed by atoms with Crippen LogP contribution >= 0.6 is 0 Å². The second-order valence-corrected chi connectivity index (χ2v) is 7.95. The Labute approximate surface area is 170 Å². The van der Waals surface area contributed by atoms with Gasteiger partial charge in [-0.15, -0.1) is 0 Å². The Balaban J connectivity index is 1.21. The van der Waals surface area contributed by atoms with Gasteiger partial charge in [0.1, 0.15) is 11.6 Å². The highest BCUT2D eigenvalue weighted by Gasteiger charge is 2.33. The lowest BCUT2D eigenvalue weighted by molar-refractivity contribution is -0.116. The number of halogens is 1. The number of nitrogens with one attached hydrogen (secondary N) is 1. The number of fused-ring (bicyclic) bond motifs is 1. The molecule has 0 aromatic heterocycles. The number of benzene rings is 2. The zero-order chi connectivity index (χ0) is 20.3. The van der Waals surface area contributed by atoms with Gasteiger partial charge in [0.2, 0.25) is 5.91 Å². The lowest BCUT2D eigenvalue weighted by Crippen LogP contribution is -2.43. The van der Waals surface area contributed by atoms with E-state index in [0.29, 0.717) is 31.4 Å². The van der Waals surface area contributed by atoms with Gasteiger partial charge in [-0.2, -0.15) is 0 Å². The van der Waals surface area contributed by atoms with Crippen molar-refractivity contribution in [2.75, 3.05) is 31.6 Å². The van der Waals surface area contributed by atoms with Crippen molar-refractivity contribution in [1.29, 1.82) is 0 Å². The molecule has 1 fully saturated rings. The Bertz CT molecular complexity index is 878. The van der Waals surface area contributed by atoms with E-state index in [-0.39, 0.29) is 11.7 Å². The van der Waals surface area contributed by atoms with Gasteiger partial charge in [-0.3, -0.25) is 4.79 Å². The number of carbonyl (C=O) groups is 1. The number of anilines is 1. The number of ether oxygens (including phenoxy) is 1. The van der Waals surface area contributed by atoms with Crippen molar-refractivity contribution in [3.63, 3.8) is 0 Å². The summed E-state index contributed by atoms with van der Waals surface area (Å²) < 4.78 is 19.4. The number of piperidine rings is 1.